The first-order valence-electron chi connectivity index (χ1n) is 9.82. The third-order valence-electron chi connectivity index (χ3n) is 4.99. The standard InChI is InChI=1S/C19H23Cl2N5O5S/c1-4-5-25-18-13(17(30)24(3)19(25)31)12(16(29)22-6-10(28)8-27)11(32-18)7-26-9(2)23-14(20)15(26)21/h10,27-28H,4-8H2,1-3H3,(H,22,29)/t10-/m0/s1. The van der Waals surface area contributed by atoms with Crippen LogP contribution in [-0.2, 0) is 20.1 Å². The van der Waals surface area contributed by atoms with E-state index >= 15 is 0 Å². The number of thiophene rings is 1. The molecule has 3 aromatic heterocycles. The van der Waals surface area contributed by atoms with Crippen molar-refractivity contribution in [2.24, 2.45) is 7.05 Å². The van der Waals surface area contributed by atoms with Gasteiger partial charge in [0.15, 0.2) is 5.15 Å². The van der Waals surface area contributed by atoms with Crippen LogP contribution >= 0.6 is 34.5 Å². The molecular formula is C19H23Cl2N5O5S. The van der Waals surface area contributed by atoms with E-state index in [0.717, 1.165) is 15.9 Å². The molecule has 0 aliphatic rings. The van der Waals surface area contributed by atoms with Crippen molar-refractivity contribution in [3.05, 3.63) is 47.4 Å². The molecular weight excluding hydrogens is 481 g/mol. The van der Waals surface area contributed by atoms with Crippen LogP contribution in [0.15, 0.2) is 9.59 Å². The molecule has 0 spiro atoms. The summed E-state index contributed by atoms with van der Waals surface area (Å²) in [5, 5.41) is 21.6. The van der Waals surface area contributed by atoms with Gasteiger partial charge in [-0.3, -0.25) is 18.7 Å². The number of hydrogen-bond donors (Lipinski definition) is 3. The van der Waals surface area contributed by atoms with Crippen LogP contribution in [0.5, 0.6) is 0 Å². The third kappa shape index (κ3) is 4.35. The summed E-state index contributed by atoms with van der Waals surface area (Å²) in [4.78, 5) is 43.9. The molecule has 3 rings (SSSR count). The molecule has 0 aliphatic carbocycles. The fourth-order valence-electron chi connectivity index (χ4n) is 3.34. The monoisotopic (exact) mass is 503 g/mol. The van der Waals surface area contributed by atoms with E-state index in [-0.39, 0.29) is 34.3 Å². The molecule has 3 N–H and O–H groups in total. The number of aliphatic hydroxyl groups excluding tert-OH is 2. The molecule has 0 aromatic carbocycles. The van der Waals surface area contributed by atoms with Gasteiger partial charge in [0.1, 0.15) is 15.8 Å². The number of carbonyl (C=O) groups is 1. The number of carbonyl (C=O) groups excluding carboxylic acids is 1. The second-order valence-corrected chi connectivity index (χ2v) is 9.05. The highest BCUT2D eigenvalue weighted by molar-refractivity contribution is 7.19. The molecule has 0 saturated carbocycles. The van der Waals surface area contributed by atoms with Gasteiger partial charge in [0.2, 0.25) is 0 Å². The molecule has 13 heteroatoms. The summed E-state index contributed by atoms with van der Waals surface area (Å²) in [5.41, 5.74) is -0.986. The van der Waals surface area contributed by atoms with Gasteiger partial charge in [0.25, 0.3) is 11.5 Å². The van der Waals surface area contributed by atoms with Crippen molar-refractivity contribution in [3.8, 4) is 0 Å². The van der Waals surface area contributed by atoms with Gasteiger partial charge in [-0.15, -0.1) is 11.3 Å². The van der Waals surface area contributed by atoms with Crippen LogP contribution in [0.4, 0.5) is 0 Å². The molecule has 10 nitrogen and oxygen atoms in total. The minimum absolute atomic E-state index is 0.0841. The summed E-state index contributed by atoms with van der Waals surface area (Å²) in [5.74, 6) is -0.101. The molecule has 1 atom stereocenters. The van der Waals surface area contributed by atoms with Crippen LogP contribution in [0, 0.1) is 6.92 Å². The highest BCUT2D eigenvalue weighted by Crippen LogP contribution is 2.32. The van der Waals surface area contributed by atoms with E-state index in [1.165, 1.54) is 11.6 Å². The lowest BCUT2D eigenvalue weighted by atomic mass is 10.1. The number of aryl methyl sites for hydroxylation is 2. The van der Waals surface area contributed by atoms with Gasteiger partial charge in [-0.2, -0.15) is 0 Å². The fourth-order valence-corrected chi connectivity index (χ4v) is 5.08. The minimum atomic E-state index is -1.16. The zero-order valence-electron chi connectivity index (χ0n) is 17.7. The zero-order valence-corrected chi connectivity index (χ0v) is 20.0. The first-order valence-corrected chi connectivity index (χ1v) is 11.4. The van der Waals surface area contributed by atoms with Crippen molar-refractivity contribution in [2.45, 2.75) is 39.5 Å². The van der Waals surface area contributed by atoms with Crippen molar-refractivity contribution < 1.29 is 15.0 Å². The van der Waals surface area contributed by atoms with Crippen molar-refractivity contribution in [1.82, 2.24) is 24.0 Å². The second kappa shape index (κ2) is 9.75. The average molecular weight is 504 g/mol. The molecule has 1 amide bonds. The maximum absolute atomic E-state index is 13.1. The molecule has 0 saturated heterocycles. The predicted molar refractivity (Wildman–Crippen MR) is 123 cm³/mol. The Morgan fingerprint density at radius 2 is 1.97 bits per heavy atom. The van der Waals surface area contributed by atoms with Crippen molar-refractivity contribution in [2.75, 3.05) is 13.2 Å². The van der Waals surface area contributed by atoms with Crippen LogP contribution in [0.25, 0.3) is 10.2 Å². The number of hydrogen-bond acceptors (Lipinski definition) is 7. The van der Waals surface area contributed by atoms with E-state index in [0.29, 0.717) is 28.5 Å². The lowest BCUT2D eigenvalue weighted by Gasteiger charge is -2.11. The Morgan fingerprint density at radius 3 is 2.53 bits per heavy atom. The highest BCUT2D eigenvalue weighted by atomic mass is 35.5. The first kappa shape index (κ1) is 24.5. The topological polar surface area (TPSA) is 131 Å². The molecule has 3 aromatic rings. The smallest absolute Gasteiger partial charge is 0.331 e. The Morgan fingerprint density at radius 1 is 1.28 bits per heavy atom. The number of nitrogens with zero attached hydrogens (tertiary/aromatic N) is 4. The number of halogens is 2. The molecule has 0 bridgehead atoms. The second-order valence-electron chi connectivity index (χ2n) is 7.25. The van der Waals surface area contributed by atoms with Gasteiger partial charge in [-0.05, 0) is 13.3 Å². The zero-order chi connectivity index (χ0) is 23.7. The summed E-state index contributed by atoms with van der Waals surface area (Å²) in [6.45, 7) is 3.32. The van der Waals surface area contributed by atoms with Crippen molar-refractivity contribution in [1.29, 1.82) is 0 Å². The minimum Gasteiger partial charge on any atom is -0.394 e. The normalized spacial score (nSPS) is 12.5. The van der Waals surface area contributed by atoms with Gasteiger partial charge in [-0.1, -0.05) is 30.1 Å². The Hall–Kier alpha value is -2.18. The Kier molecular flexibility index (Phi) is 7.46. The lowest BCUT2D eigenvalue weighted by Crippen LogP contribution is -2.39. The Labute approximate surface area is 196 Å². The Bertz CT molecular complexity index is 1290. The van der Waals surface area contributed by atoms with E-state index in [2.05, 4.69) is 10.3 Å². The first-order chi connectivity index (χ1) is 15.1. The number of imidazole rings is 1. The van der Waals surface area contributed by atoms with Gasteiger partial charge >= 0.3 is 5.69 Å². The Balaban J connectivity index is 2.28. The highest BCUT2D eigenvalue weighted by Gasteiger charge is 2.27. The number of fused-ring (bicyclic) bond motifs is 1. The number of aliphatic hydroxyl groups is 2. The van der Waals surface area contributed by atoms with Gasteiger partial charge in [0, 0.05) is 25.0 Å². The van der Waals surface area contributed by atoms with Crippen LogP contribution < -0.4 is 16.6 Å². The molecule has 174 valence electrons. The van der Waals surface area contributed by atoms with Crippen LogP contribution in [0.2, 0.25) is 10.3 Å². The van der Waals surface area contributed by atoms with Crippen molar-refractivity contribution >= 4 is 50.7 Å². The quantitative estimate of drug-likeness (QED) is 0.421. The summed E-state index contributed by atoms with van der Waals surface area (Å²) in [7, 11) is 1.36. The average Bonchev–Trinajstić information content (AvgIpc) is 3.25. The van der Waals surface area contributed by atoms with E-state index in [4.69, 9.17) is 28.3 Å². The summed E-state index contributed by atoms with van der Waals surface area (Å²) < 4.78 is 4.04. The molecule has 0 fully saturated rings. The third-order valence-corrected chi connectivity index (χ3v) is 6.93. The van der Waals surface area contributed by atoms with Gasteiger partial charge < -0.3 is 20.1 Å². The van der Waals surface area contributed by atoms with Crippen LogP contribution in [-0.4, -0.2) is 54.1 Å². The summed E-state index contributed by atoms with van der Waals surface area (Å²) >= 11 is 13.4. The van der Waals surface area contributed by atoms with Crippen molar-refractivity contribution in [3.63, 3.8) is 0 Å². The van der Waals surface area contributed by atoms with Crippen LogP contribution in [0.1, 0.15) is 34.4 Å². The number of rotatable bonds is 8. The van der Waals surface area contributed by atoms with Gasteiger partial charge in [-0.25, -0.2) is 9.78 Å². The SMILES string of the molecule is CCCn1c(=O)n(C)c(=O)c2c(C(=O)NC[C@H](O)CO)c(Cn3c(C)nc(Cl)c3Cl)sc21. The summed E-state index contributed by atoms with van der Waals surface area (Å²) in [6, 6.07) is 0. The maximum atomic E-state index is 13.1. The largest absolute Gasteiger partial charge is 0.394 e. The fraction of sp³-hybridized carbons (Fsp3) is 0.474. The van der Waals surface area contributed by atoms with E-state index < -0.39 is 29.9 Å². The number of amides is 1. The number of nitrogens with one attached hydrogen (secondary N) is 1. The molecule has 3 heterocycles. The van der Waals surface area contributed by atoms with E-state index in [9.17, 15) is 19.5 Å². The van der Waals surface area contributed by atoms with Crippen LogP contribution in [0.3, 0.4) is 0 Å². The van der Waals surface area contributed by atoms with Gasteiger partial charge in [0.05, 0.1) is 30.2 Å². The molecule has 0 unspecified atom stereocenters. The van der Waals surface area contributed by atoms with E-state index in [1.54, 1.807) is 11.5 Å². The number of aromatic nitrogens is 4. The molecule has 0 radical (unpaired) electrons. The summed E-state index contributed by atoms with van der Waals surface area (Å²) in [6.07, 6.45) is -0.509. The lowest BCUT2D eigenvalue weighted by molar-refractivity contribution is 0.0802. The molecule has 32 heavy (non-hydrogen) atoms. The maximum Gasteiger partial charge on any atom is 0.331 e. The van der Waals surface area contributed by atoms with E-state index in [1.807, 2.05) is 6.92 Å². The predicted octanol–water partition coefficient (Wildman–Crippen LogP) is 1.11. The molecule has 0 aliphatic heterocycles.